The van der Waals surface area contributed by atoms with Crippen LogP contribution in [0.5, 0.6) is 11.5 Å². The van der Waals surface area contributed by atoms with E-state index in [1.54, 1.807) is 13.2 Å². The van der Waals surface area contributed by atoms with Crippen molar-refractivity contribution in [3.8, 4) is 17.6 Å². The number of allylic oxidation sites excluding steroid dienone is 3. The van der Waals surface area contributed by atoms with Gasteiger partial charge in [-0.2, -0.15) is 5.26 Å². The lowest BCUT2D eigenvalue weighted by Gasteiger charge is -2.37. The van der Waals surface area contributed by atoms with E-state index in [1.165, 1.54) is 0 Å². The molecule has 0 spiro atoms. The number of benzene rings is 1. The summed E-state index contributed by atoms with van der Waals surface area (Å²) >= 11 is 0. The van der Waals surface area contributed by atoms with E-state index in [9.17, 15) is 10.1 Å². The van der Waals surface area contributed by atoms with Gasteiger partial charge in [0.1, 0.15) is 17.4 Å². The Morgan fingerprint density at radius 2 is 2.07 bits per heavy atom. The first-order chi connectivity index (χ1) is 13.8. The summed E-state index contributed by atoms with van der Waals surface area (Å²) in [5.74, 6) is 1.25. The maximum atomic E-state index is 13.0. The monoisotopic (exact) mass is 396 g/mol. The summed E-state index contributed by atoms with van der Waals surface area (Å²) in [5, 5.41) is 9.76. The quantitative estimate of drug-likeness (QED) is 0.720. The predicted octanol–water partition coefficient (Wildman–Crippen LogP) is 4.32. The van der Waals surface area contributed by atoms with Gasteiger partial charge in [-0.1, -0.05) is 33.3 Å². The van der Waals surface area contributed by atoms with E-state index in [0.717, 1.165) is 18.4 Å². The molecule has 0 amide bonds. The van der Waals surface area contributed by atoms with Crippen LogP contribution in [0.1, 0.15) is 57.9 Å². The fourth-order valence-corrected chi connectivity index (χ4v) is 3.93. The van der Waals surface area contributed by atoms with Crippen LogP contribution in [0.25, 0.3) is 0 Å². The number of ether oxygens (including phenoxy) is 3. The summed E-state index contributed by atoms with van der Waals surface area (Å²) < 4.78 is 17.1. The van der Waals surface area contributed by atoms with Crippen molar-refractivity contribution in [3.63, 3.8) is 0 Å². The van der Waals surface area contributed by atoms with Gasteiger partial charge in [0.15, 0.2) is 17.3 Å². The van der Waals surface area contributed by atoms with Crippen molar-refractivity contribution in [2.75, 3.05) is 13.7 Å². The Labute approximate surface area is 171 Å². The lowest BCUT2D eigenvalue weighted by atomic mass is 9.70. The van der Waals surface area contributed by atoms with Crippen LogP contribution in [-0.2, 0) is 9.53 Å². The van der Waals surface area contributed by atoms with Gasteiger partial charge in [-0.25, -0.2) is 0 Å². The second-order valence-electron chi connectivity index (χ2n) is 8.31. The van der Waals surface area contributed by atoms with Gasteiger partial charge in [0.05, 0.1) is 19.6 Å². The highest BCUT2D eigenvalue weighted by Gasteiger charge is 2.43. The Hall–Kier alpha value is -2.94. The molecule has 1 atom stereocenters. The average Bonchev–Trinajstić information content (AvgIpc) is 2.66. The first kappa shape index (κ1) is 20.8. The molecule has 1 aliphatic carbocycles. The highest BCUT2D eigenvalue weighted by atomic mass is 16.5. The van der Waals surface area contributed by atoms with Gasteiger partial charge in [-0.05, 0) is 29.5 Å². The Balaban J connectivity index is 2.09. The van der Waals surface area contributed by atoms with Crippen LogP contribution < -0.4 is 15.2 Å². The van der Waals surface area contributed by atoms with Gasteiger partial charge in [0.25, 0.3) is 0 Å². The van der Waals surface area contributed by atoms with Crippen LogP contribution in [0, 0.1) is 16.7 Å². The predicted molar refractivity (Wildman–Crippen MR) is 109 cm³/mol. The minimum absolute atomic E-state index is 0.00855. The molecule has 6 heteroatoms. The van der Waals surface area contributed by atoms with E-state index in [0.29, 0.717) is 42.3 Å². The summed E-state index contributed by atoms with van der Waals surface area (Å²) in [6.07, 6.45) is 2.94. The number of ketones is 1. The van der Waals surface area contributed by atoms with Crippen LogP contribution in [0.3, 0.4) is 0 Å². The highest BCUT2D eigenvalue weighted by molar-refractivity contribution is 6.00. The third-order valence-corrected chi connectivity index (χ3v) is 5.35. The standard InChI is InChI=1S/C23H28N2O4/c1-5-6-9-28-18-10-14(7-8-17(18)27-4)20-15(13-24)22(25)29-19-12-23(2,3)11-16(26)21(19)20/h7-8,10,20H,5-6,9,11-12,25H2,1-4H3/t20-/m1/s1. The number of nitrogens with two attached hydrogens (primary N) is 1. The van der Waals surface area contributed by atoms with Crippen molar-refractivity contribution in [1.29, 1.82) is 5.26 Å². The SMILES string of the molecule is CCCCOc1cc([C@@H]2C(C#N)=C(N)OC3=C2C(=O)CC(C)(C)C3)ccc1OC. The van der Waals surface area contributed by atoms with E-state index in [4.69, 9.17) is 19.9 Å². The highest BCUT2D eigenvalue weighted by Crippen LogP contribution is 2.48. The van der Waals surface area contributed by atoms with Gasteiger partial charge >= 0.3 is 0 Å². The smallest absolute Gasteiger partial charge is 0.205 e. The number of hydrogen-bond acceptors (Lipinski definition) is 6. The minimum atomic E-state index is -0.563. The molecule has 1 aliphatic heterocycles. The van der Waals surface area contributed by atoms with Crippen molar-refractivity contribution in [2.45, 2.75) is 52.4 Å². The third-order valence-electron chi connectivity index (χ3n) is 5.35. The molecular formula is C23H28N2O4. The molecule has 29 heavy (non-hydrogen) atoms. The molecule has 3 rings (SSSR count). The molecule has 0 aromatic heterocycles. The first-order valence-electron chi connectivity index (χ1n) is 9.96. The molecule has 0 bridgehead atoms. The Morgan fingerprint density at radius 1 is 1.31 bits per heavy atom. The zero-order chi connectivity index (χ0) is 21.2. The molecule has 2 aliphatic rings. The molecule has 1 aromatic rings. The second kappa shape index (κ2) is 8.20. The fourth-order valence-electron chi connectivity index (χ4n) is 3.93. The van der Waals surface area contributed by atoms with Crippen LogP contribution in [0.4, 0.5) is 0 Å². The normalized spacial score (nSPS) is 20.7. The van der Waals surface area contributed by atoms with E-state index in [-0.39, 0.29) is 22.7 Å². The number of Topliss-reactive ketones (excluding diaryl/α,β-unsaturated/α-hetero) is 1. The largest absolute Gasteiger partial charge is 0.493 e. The van der Waals surface area contributed by atoms with Gasteiger partial charge in [0.2, 0.25) is 5.88 Å². The molecule has 0 radical (unpaired) electrons. The Kier molecular flexibility index (Phi) is 5.88. The van der Waals surface area contributed by atoms with Crippen LogP contribution >= 0.6 is 0 Å². The van der Waals surface area contributed by atoms with Crippen molar-refractivity contribution in [2.24, 2.45) is 11.1 Å². The van der Waals surface area contributed by atoms with Crippen LogP contribution in [0.15, 0.2) is 41.0 Å². The summed E-state index contributed by atoms with van der Waals surface area (Å²) in [4.78, 5) is 13.0. The summed E-state index contributed by atoms with van der Waals surface area (Å²) in [6, 6.07) is 7.64. The fraction of sp³-hybridized carbons (Fsp3) is 0.478. The first-order valence-corrected chi connectivity index (χ1v) is 9.96. The van der Waals surface area contributed by atoms with Crippen LogP contribution in [-0.4, -0.2) is 19.5 Å². The molecular weight excluding hydrogens is 368 g/mol. The lowest BCUT2D eigenvalue weighted by Crippen LogP contribution is -2.33. The van der Waals surface area contributed by atoms with E-state index in [1.807, 2.05) is 26.0 Å². The molecule has 2 N–H and O–H groups in total. The number of unbranched alkanes of at least 4 members (excludes halogenated alkanes) is 1. The molecule has 0 unspecified atom stereocenters. The van der Waals surface area contributed by atoms with Gasteiger partial charge < -0.3 is 19.9 Å². The molecule has 0 fully saturated rings. The molecule has 1 aromatic carbocycles. The number of carbonyl (C=O) groups excluding carboxylic acids is 1. The van der Waals surface area contributed by atoms with Gasteiger partial charge in [0, 0.05) is 18.4 Å². The number of methoxy groups -OCH3 is 1. The van der Waals surface area contributed by atoms with Crippen molar-refractivity contribution in [3.05, 3.63) is 46.6 Å². The summed E-state index contributed by atoms with van der Waals surface area (Å²) in [5.41, 5.74) is 7.42. The molecule has 6 nitrogen and oxygen atoms in total. The maximum absolute atomic E-state index is 13.0. The molecule has 0 saturated heterocycles. The average molecular weight is 396 g/mol. The second-order valence-corrected chi connectivity index (χ2v) is 8.31. The summed E-state index contributed by atoms with van der Waals surface area (Å²) in [7, 11) is 1.59. The Bertz CT molecular complexity index is 921. The van der Waals surface area contributed by atoms with Crippen LogP contribution in [0.2, 0.25) is 0 Å². The number of hydrogen-bond donors (Lipinski definition) is 1. The number of carbonyl (C=O) groups is 1. The zero-order valence-electron chi connectivity index (χ0n) is 17.5. The van der Waals surface area contributed by atoms with Crippen molar-refractivity contribution in [1.82, 2.24) is 0 Å². The van der Waals surface area contributed by atoms with E-state index in [2.05, 4.69) is 13.0 Å². The van der Waals surface area contributed by atoms with Gasteiger partial charge in [-0.15, -0.1) is 0 Å². The van der Waals surface area contributed by atoms with Gasteiger partial charge in [-0.3, -0.25) is 4.79 Å². The third kappa shape index (κ3) is 4.09. The Morgan fingerprint density at radius 3 is 2.72 bits per heavy atom. The topological polar surface area (TPSA) is 94.6 Å². The van der Waals surface area contributed by atoms with E-state index >= 15 is 0 Å². The lowest BCUT2D eigenvalue weighted by molar-refractivity contribution is -0.119. The molecule has 0 saturated carbocycles. The molecule has 154 valence electrons. The van der Waals surface area contributed by atoms with Crippen molar-refractivity contribution < 1.29 is 19.0 Å². The summed E-state index contributed by atoms with van der Waals surface area (Å²) in [6.45, 7) is 6.71. The zero-order valence-corrected chi connectivity index (χ0v) is 17.5. The maximum Gasteiger partial charge on any atom is 0.205 e. The molecule has 1 heterocycles. The van der Waals surface area contributed by atoms with E-state index < -0.39 is 5.92 Å². The number of nitrogens with zero attached hydrogens (tertiary/aromatic N) is 1. The minimum Gasteiger partial charge on any atom is -0.493 e. The van der Waals surface area contributed by atoms with Crippen molar-refractivity contribution >= 4 is 5.78 Å². The number of nitriles is 1. The number of rotatable bonds is 6.